The van der Waals surface area contributed by atoms with Crippen molar-refractivity contribution in [2.75, 3.05) is 33.0 Å². The van der Waals surface area contributed by atoms with Crippen molar-refractivity contribution >= 4 is 19.2 Å². The number of rotatable bonds is 26. The summed E-state index contributed by atoms with van der Waals surface area (Å²) < 4.78 is 35.4. The molecule has 1 aromatic rings. The van der Waals surface area contributed by atoms with Crippen LogP contribution >= 0.6 is 19.2 Å². The van der Waals surface area contributed by atoms with Gasteiger partial charge in [0.1, 0.15) is 12.7 Å². The smallest absolute Gasteiger partial charge is 0.379 e. The van der Waals surface area contributed by atoms with E-state index in [0.29, 0.717) is 26.4 Å². The maximum absolute atomic E-state index is 12.1. The number of nitrogens with zero attached hydrogens (tertiary/aromatic N) is 1. The molecule has 7 nitrogen and oxygen atoms in total. The molecule has 0 aliphatic heterocycles. The number of phosphoric acid groups is 1. The Morgan fingerprint density at radius 3 is 1.97 bits per heavy atom. The third kappa shape index (κ3) is 20.4. The number of aromatic nitrogens is 1. The minimum Gasteiger partial charge on any atom is -0.379 e. The quantitative estimate of drug-likeness (QED) is 0.0775. The minimum absolute atomic E-state index is 0.0358. The second-order valence-electron chi connectivity index (χ2n) is 9.11. The van der Waals surface area contributed by atoms with Crippen molar-refractivity contribution < 1.29 is 32.5 Å². The van der Waals surface area contributed by atoms with E-state index in [1.165, 1.54) is 83.5 Å². The average molecular weight is 537 g/mol. The van der Waals surface area contributed by atoms with Crippen molar-refractivity contribution in [3.05, 3.63) is 17.1 Å². The van der Waals surface area contributed by atoms with Crippen LogP contribution in [0.5, 0.6) is 0 Å². The average Bonchev–Trinajstić information content (AvgIpc) is 3.35. The second kappa shape index (κ2) is 22.8. The van der Waals surface area contributed by atoms with Gasteiger partial charge in [0.2, 0.25) is 5.51 Å². The van der Waals surface area contributed by atoms with Crippen LogP contribution in [-0.4, -0.2) is 44.0 Å². The van der Waals surface area contributed by atoms with Crippen LogP contribution in [0.15, 0.2) is 17.1 Å². The molecule has 2 atom stereocenters. The molecule has 35 heavy (non-hydrogen) atoms. The molecule has 0 amide bonds. The zero-order chi connectivity index (χ0) is 25.5. The molecule has 1 aromatic heterocycles. The summed E-state index contributed by atoms with van der Waals surface area (Å²) in [7, 11) is -4.11. The first kappa shape index (κ1) is 32.7. The molecule has 0 aromatic carbocycles. The Kier molecular flexibility index (Phi) is 21.3. The Morgan fingerprint density at radius 2 is 1.43 bits per heavy atom. The minimum atomic E-state index is -4.11. The van der Waals surface area contributed by atoms with Crippen LogP contribution in [0.4, 0.5) is 0 Å². The van der Waals surface area contributed by atoms with Crippen LogP contribution in [0.2, 0.25) is 0 Å². The van der Waals surface area contributed by atoms with Crippen LogP contribution in [0.25, 0.3) is 0 Å². The summed E-state index contributed by atoms with van der Waals surface area (Å²) in [5.74, 6) is 0. The highest BCUT2D eigenvalue weighted by molar-refractivity contribution is 7.47. The summed E-state index contributed by atoms with van der Waals surface area (Å²) in [5.41, 5.74) is 1.91. The van der Waals surface area contributed by atoms with Crippen molar-refractivity contribution in [1.82, 2.24) is 0 Å². The van der Waals surface area contributed by atoms with Crippen LogP contribution in [0.3, 0.4) is 0 Å². The third-order valence-electron chi connectivity index (χ3n) is 5.90. The number of hydrogen-bond acceptors (Lipinski definition) is 6. The molecule has 1 heterocycles. The summed E-state index contributed by atoms with van der Waals surface area (Å²) in [6.45, 7) is 6.22. The summed E-state index contributed by atoms with van der Waals surface area (Å²) in [5, 5.41) is 1.93. The standard InChI is InChI=1S/C26H50NO6PS/c1-3-5-6-7-8-9-10-11-12-13-14-15-16-17-20-30-23-26(31-4-2)24-33-34(28,29)32-21-18-27-19-22-35-25-27/h19,22,25-26H,3-18,20-21,23-24H2,1-2H3/p+1/t26-/m1/s1. The normalized spacial score (nSPS) is 14.3. The Bertz CT molecular complexity index is 619. The fourth-order valence-corrected chi connectivity index (χ4v) is 5.23. The molecule has 0 spiro atoms. The fraction of sp³-hybridized carbons (Fsp3) is 0.885. The van der Waals surface area contributed by atoms with Gasteiger partial charge < -0.3 is 14.4 Å². The van der Waals surface area contributed by atoms with Gasteiger partial charge in [-0.25, -0.2) is 4.57 Å². The van der Waals surface area contributed by atoms with Crippen molar-refractivity contribution in [2.24, 2.45) is 0 Å². The predicted molar refractivity (Wildman–Crippen MR) is 143 cm³/mol. The third-order valence-corrected chi connectivity index (χ3v) is 7.56. The fourth-order valence-electron chi connectivity index (χ4n) is 3.86. The lowest BCUT2D eigenvalue weighted by Gasteiger charge is -2.19. The van der Waals surface area contributed by atoms with E-state index in [1.54, 1.807) is 11.3 Å². The molecule has 1 N–H and O–H groups in total. The van der Waals surface area contributed by atoms with Crippen molar-refractivity contribution in [3.63, 3.8) is 0 Å². The monoisotopic (exact) mass is 536 g/mol. The van der Waals surface area contributed by atoms with Gasteiger partial charge in [-0.1, -0.05) is 102 Å². The van der Waals surface area contributed by atoms with Gasteiger partial charge in [-0.05, 0) is 13.3 Å². The molecular formula is C26H51NO6PS+. The van der Waals surface area contributed by atoms with Crippen molar-refractivity contribution in [2.45, 2.75) is 116 Å². The van der Waals surface area contributed by atoms with E-state index in [2.05, 4.69) is 6.92 Å². The molecule has 0 fully saturated rings. The Balaban J connectivity index is 1.95. The van der Waals surface area contributed by atoms with E-state index in [4.69, 9.17) is 18.5 Å². The van der Waals surface area contributed by atoms with Crippen LogP contribution in [-0.2, 0) is 29.6 Å². The molecule has 0 bridgehead atoms. The van der Waals surface area contributed by atoms with Gasteiger partial charge in [-0.2, -0.15) is 4.57 Å². The van der Waals surface area contributed by atoms with E-state index in [9.17, 15) is 9.46 Å². The van der Waals surface area contributed by atoms with E-state index < -0.39 is 7.82 Å². The Hall–Kier alpha value is -0.340. The topological polar surface area (TPSA) is 78.1 Å². The molecule has 0 radical (unpaired) electrons. The lowest BCUT2D eigenvalue weighted by atomic mass is 10.0. The Morgan fingerprint density at radius 1 is 0.829 bits per heavy atom. The lowest BCUT2D eigenvalue weighted by Crippen LogP contribution is -2.32. The van der Waals surface area contributed by atoms with Gasteiger partial charge in [0.05, 0.1) is 18.6 Å². The highest BCUT2D eigenvalue weighted by Gasteiger charge is 2.24. The first-order valence-electron chi connectivity index (χ1n) is 13.8. The van der Waals surface area contributed by atoms with E-state index in [0.717, 1.165) is 6.42 Å². The maximum Gasteiger partial charge on any atom is 0.472 e. The summed E-state index contributed by atoms with van der Waals surface area (Å²) >= 11 is 1.55. The first-order chi connectivity index (χ1) is 17.1. The zero-order valence-electron chi connectivity index (χ0n) is 22.2. The molecule has 1 rings (SSSR count). The summed E-state index contributed by atoms with van der Waals surface area (Å²) in [6, 6.07) is 0. The highest BCUT2D eigenvalue weighted by atomic mass is 32.1. The predicted octanol–water partition coefficient (Wildman–Crippen LogP) is 7.07. The van der Waals surface area contributed by atoms with Gasteiger partial charge in [0.15, 0.2) is 12.7 Å². The van der Waals surface area contributed by atoms with Gasteiger partial charge in [-0.3, -0.25) is 9.05 Å². The molecule has 1 unspecified atom stereocenters. The summed E-state index contributed by atoms with van der Waals surface area (Å²) in [6.07, 6.45) is 20.1. The van der Waals surface area contributed by atoms with Crippen LogP contribution in [0.1, 0.15) is 104 Å². The molecular weight excluding hydrogens is 485 g/mol. The Labute approximate surface area is 218 Å². The van der Waals surface area contributed by atoms with E-state index in [1.807, 2.05) is 28.6 Å². The van der Waals surface area contributed by atoms with Gasteiger partial charge in [-0.15, -0.1) is 0 Å². The van der Waals surface area contributed by atoms with Crippen LogP contribution < -0.4 is 4.57 Å². The van der Waals surface area contributed by atoms with Gasteiger partial charge >= 0.3 is 7.82 Å². The number of hydrogen-bond donors (Lipinski definition) is 1. The van der Waals surface area contributed by atoms with Crippen molar-refractivity contribution in [1.29, 1.82) is 0 Å². The van der Waals surface area contributed by atoms with Crippen LogP contribution in [0, 0.1) is 0 Å². The lowest BCUT2D eigenvalue weighted by molar-refractivity contribution is -0.693. The number of ether oxygens (including phenoxy) is 2. The SMILES string of the molecule is CCCCCCCCCCCCCCCCOC[C@H](COP(=O)(O)OCC[n+]1ccsc1)OCC. The molecule has 206 valence electrons. The molecule has 0 aliphatic rings. The summed E-state index contributed by atoms with van der Waals surface area (Å²) in [4.78, 5) is 9.88. The highest BCUT2D eigenvalue weighted by Crippen LogP contribution is 2.43. The van der Waals surface area contributed by atoms with E-state index >= 15 is 0 Å². The number of thiazole rings is 1. The molecule has 9 heteroatoms. The largest absolute Gasteiger partial charge is 0.472 e. The van der Waals surface area contributed by atoms with Gasteiger partial charge in [0.25, 0.3) is 0 Å². The maximum atomic E-state index is 12.1. The van der Waals surface area contributed by atoms with Crippen molar-refractivity contribution in [3.8, 4) is 0 Å². The number of phosphoric ester groups is 1. The molecule has 0 saturated carbocycles. The molecule has 0 aliphatic carbocycles. The second-order valence-corrected chi connectivity index (χ2v) is 11.3. The molecule has 0 saturated heterocycles. The number of unbranched alkanes of at least 4 members (excludes halogenated alkanes) is 13. The zero-order valence-corrected chi connectivity index (χ0v) is 24.0. The van der Waals surface area contributed by atoms with Gasteiger partial charge in [0, 0.05) is 13.2 Å². The van der Waals surface area contributed by atoms with E-state index in [-0.39, 0.29) is 19.3 Å². The first-order valence-corrected chi connectivity index (χ1v) is 16.2.